The largest absolute Gasteiger partial charge is 0.356 e. The Morgan fingerprint density at radius 2 is 1.70 bits per heavy atom. The Labute approximate surface area is 160 Å². The predicted molar refractivity (Wildman–Crippen MR) is 104 cm³/mol. The Balaban J connectivity index is 1.42. The summed E-state index contributed by atoms with van der Waals surface area (Å²) in [7, 11) is 0. The van der Waals surface area contributed by atoms with Crippen LogP contribution in [0.15, 0.2) is 24.3 Å². The summed E-state index contributed by atoms with van der Waals surface area (Å²) in [5, 5.41) is 5.90. The van der Waals surface area contributed by atoms with E-state index in [9.17, 15) is 14.0 Å². The van der Waals surface area contributed by atoms with Crippen molar-refractivity contribution in [3.05, 3.63) is 30.1 Å². The first-order valence-corrected chi connectivity index (χ1v) is 10.2. The Hall–Kier alpha value is -2.11. The molecule has 0 aromatic heterocycles. The molecule has 0 bridgehead atoms. The number of nitrogens with zero attached hydrogens (tertiary/aromatic N) is 1. The number of amides is 3. The van der Waals surface area contributed by atoms with Gasteiger partial charge < -0.3 is 15.5 Å². The lowest BCUT2D eigenvalue weighted by Crippen LogP contribution is -2.43. The molecule has 3 rings (SSSR count). The van der Waals surface area contributed by atoms with Crippen molar-refractivity contribution in [3.8, 4) is 0 Å². The highest BCUT2D eigenvalue weighted by molar-refractivity contribution is 5.89. The summed E-state index contributed by atoms with van der Waals surface area (Å²) in [6.45, 7) is 2.07. The molecule has 1 aliphatic carbocycles. The van der Waals surface area contributed by atoms with E-state index in [1.165, 1.54) is 44.2 Å². The fraction of sp³-hybridized carbons (Fsp3) is 0.619. The molecule has 1 unspecified atom stereocenters. The minimum absolute atomic E-state index is 0.103. The van der Waals surface area contributed by atoms with Gasteiger partial charge in [-0.1, -0.05) is 19.3 Å². The zero-order chi connectivity index (χ0) is 19.1. The number of hydrogen-bond donors (Lipinski definition) is 2. The molecule has 1 saturated carbocycles. The maximum absolute atomic E-state index is 13.0. The summed E-state index contributed by atoms with van der Waals surface area (Å²) >= 11 is 0. The Bertz CT molecular complexity index is 629. The zero-order valence-electron chi connectivity index (χ0n) is 15.9. The van der Waals surface area contributed by atoms with E-state index in [2.05, 4.69) is 10.6 Å². The van der Waals surface area contributed by atoms with Crippen LogP contribution in [0.1, 0.15) is 51.4 Å². The first-order valence-electron chi connectivity index (χ1n) is 10.2. The molecular weight excluding hydrogens is 345 g/mol. The van der Waals surface area contributed by atoms with Crippen LogP contribution in [0.25, 0.3) is 0 Å². The van der Waals surface area contributed by atoms with Crippen molar-refractivity contribution in [1.82, 2.24) is 10.2 Å². The molecule has 0 spiro atoms. The number of likely N-dealkylation sites (tertiary alicyclic amines) is 1. The Kier molecular flexibility index (Phi) is 7.07. The number of rotatable bonds is 5. The number of hydrogen-bond acceptors (Lipinski definition) is 2. The summed E-state index contributed by atoms with van der Waals surface area (Å²) in [5.74, 6) is 0.604. The number of nitrogens with one attached hydrogen (secondary N) is 2. The van der Waals surface area contributed by atoms with Crippen molar-refractivity contribution in [1.29, 1.82) is 0 Å². The maximum Gasteiger partial charge on any atom is 0.321 e. The predicted octanol–water partition coefficient (Wildman–Crippen LogP) is 4.16. The molecule has 1 heterocycles. The minimum atomic E-state index is -0.328. The normalized spacial score (nSPS) is 20.9. The quantitative estimate of drug-likeness (QED) is 0.812. The fourth-order valence-electron chi connectivity index (χ4n) is 4.14. The highest BCUT2D eigenvalue weighted by atomic mass is 19.1. The molecule has 3 amide bonds. The lowest BCUT2D eigenvalue weighted by Gasteiger charge is -2.32. The highest BCUT2D eigenvalue weighted by Gasteiger charge is 2.25. The third-order valence-electron chi connectivity index (χ3n) is 5.69. The van der Waals surface area contributed by atoms with Crippen LogP contribution in [0.3, 0.4) is 0 Å². The molecule has 0 radical (unpaired) electrons. The maximum atomic E-state index is 13.0. The molecule has 2 aliphatic rings. The summed E-state index contributed by atoms with van der Waals surface area (Å²) < 4.78 is 13.0. The van der Waals surface area contributed by atoms with Gasteiger partial charge in [-0.25, -0.2) is 9.18 Å². The Morgan fingerprint density at radius 1 is 1.00 bits per heavy atom. The molecule has 2 N–H and O–H groups in total. The first-order chi connectivity index (χ1) is 13.1. The topological polar surface area (TPSA) is 61.4 Å². The van der Waals surface area contributed by atoms with E-state index in [4.69, 9.17) is 0 Å². The number of anilines is 1. The second kappa shape index (κ2) is 9.72. The van der Waals surface area contributed by atoms with E-state index >= 15 is 0 Å². The minimum Gasteiger partial charge on any atom is -0.356 e. The van der Waals surface area contributed by atoms with Gasteiger partial charge in [0.25, 0.3) is 0 Å². The van der Waals surface area contributed by atoms with Crippen LogP contribution in [0, 0.1) is 17.7 Å². The number of carbonyl (C=O) groups is 2. The van der Waals surface area contributed by atoms with Crippen LogP contribution in [0.4, 0.5) is 14.9 Å². The van der Waals surface area contributed by atoms with E-state index in [-0.39, 0.29) is 23.7 Å². The molecule has 1 atom stereocenters. The van der Waals surface area contributed by atoms with Crippen molar-refractivity contribution >= 4 is 17.6 Å². The fourth-order valence-corrected chi connectivity index (χ4v) is 4.14. The van der Waals surface area contributed by atoms with Gasteiger partial charge in [-0.05, 0) is 61.8 Å². The number of carbonyl (C=O) groups excluding carboxylic acids is 2. The van der Waals surface area contributed by atoms with Crippen molar-refractivity contribution in [3.63, 3.8) is 0 Å². The Morgan fingerprint density at radius 3 is 2.44 bits per heavy atom. The van der Waals surface area contributed by atoms with E-state index in [1.807, 2.05) is 0 Å². The highest BCUT2D eigenvalue weighted by Crippen LogP contribution is 2.23. The van der Waals surface area contributed by atoms with Gasteiger partial charge in [0.2, 0.25) is 5.91 Å². The van der Waals surface area contributed by atoms with Gasteiger partial charge in [0.05, 0.1) is 0 Å². The van der Waals surface area contributed by atoms with Crippen LogP contribution < -0.4 is 10.6 Å². The van der Waals surface area contributed by atoms with Gasteiger partial charge >= 0.3 is 6.03 Å². The average Bonchev–Trinajstić information content (AvgIpc) is 2.69. The smallest absolute Gasteiger partial charge is 0.321 e. The van der Waals surface area contributed by atoms with Crippen molar-refractivity contribution in [2.45, 2.75) is 51.4 Å². The molecule has 27 heavy (non-hydrogen) atoms. The molecule has 1 aromatic rings. The SMILES string of the molecule is O=C(CC1CCCN(C(=O)Nc2ccc(F)cc2)C1)NCC1CCCCC1. The van der Waals surface area contributed by atoms with Gasteiger partial charge in [-0.15, -0.1) is 0 Å². The van der Waals surface area contributed by atoms with E-state index in [0.29, 0.717) is 31.1 Å². The van der Waals surface area contributed by atoms with Gasteiger partial charge in [0, 0.05) is 31.7 Å². The monoisotopic (exact) mass is 375 g/mol. The van der Waals surface area contributed by atoms with Gasteiger partial charge in [-0.3, -0.25) is 4.79 Å². The summed E-state index contributed by atoms with van der Waals surface area (Å²) in [5.41, 5.74) is 0.578. The van der Waals surface area contributed by atoms with Crippen LogP contribution in [-0.4, -0.2) is 36.5 Å². The van der Waals surface area contributed by atoms with Crippen molar-refractivity contribution < 1.29 is 14.0 Å². The van der Waals surface area contributed by atoms with Gasteiger partial charge in [-0.2, -0.15) is 0 Å². The molecule has 5 nitrogen and oxygen atoms in total. The van der Waals surface area contributed by atoms with Crippen LogP contribution >= 0.6 is 0 Å². The average molecular weight is 375 g/mol. The first kappa shape index (κ1) is 19.6. The molecule has 1 saturated heterocycles. The number of benzene rings is 1. The van der Waals surface area contributed by atoms with Crippen LogP contribution in [0.2, 0.25) is 0 Å². The lowest BCUT2D eigenvalue weighted by atomic mass is 9.89. The summed E-state index contributed by atoms with van der Waals surface area (Å²) in [4.78, 5) is 26.5. The standard InChI is InChI=1S/C21H30FN3O2/c22-18-8-10-19(11-9-18)24-21(27)25-12-4-7-17(15-25)13-20(26)23-14-16-5-2-1-3-6-16/h8-11,16-17H,1-7,12-15H2,(H,23,26)(H,24,27). The van der Waals surface area contributed by atoms with E-state index < -0.39 is 0 Å². The number of piperidine rings is 1. The van der Waals surface area contributed by atoms with Crippen molar-refractivity contribution in [2.24, 2.45) is 11.8 Å². The molecule has 1 aliphatic heterocycles. The second-order valence-electron chi connectivity index (χ2n) is 7.90. The third kappa shape index (κ3) is 6.22. The lowest BCUT2D eigenvalue weighted by molar-refractivity contribution is -0.122. The van der Waals surface area contributed by atoms with Crippen LogP contribution in [-0.2, 0) is 4.79 Å². The molecule has 1 aromatic carbocycles. The van der Waals surface area contributed by atoms with Gasteiger partial charge in [0.1, 0.15) is 5.82 Å². The molecular formula is C21H30FN3O2. The second-order valence-corrected chi connectivity index (χ2v) is 7.90. The van der Waals surface area contributed by atoms with E-state index in [1.54, 1.807) is 17.0 Å². The summed E-state index contributed by atoms with van der Waals surface area (Å²) in [6, 6.07) is 5.56. The summed E-state index contributed by atoms with van der Waals surface area (Å²) in [6.07, 6.45) is 8.68. The zero-order valence-corrected chi connectivity index (χ0v) is 15.9. The van der Waals surface area contributed by atoms with Crippen molar-refractivity contribution in [2.75, 3.05) is 25.0 Å². The van der Waals surface area contributed by atoms with Crippen LogP contribution in [0.5, 0.6) is 0 Å². The molecule has 6 heteroatoms. The van der Waals surface area contributed by atoms with Gasteiger partial charge in [0.15, 0.2) is 0 Å². The molecule has 148 valence electrons. The number of halogens is 1. The molecule has 2 fully saturated rings. The van der Waals surface area contributed by atoms with E-state index in [0.717, 1.165) is 19.4 Å². The number of urea groups is 1. The third-order valence-corrected chi connectivity index (χ3v) is 5.69.